The zero-order valence-corrected chi connectivity index (χ0v) is 15.1. The minimum atomic E-state index is 0.396. The van der Waals surface area contributed by atoms with Crippen molar-refractivity contribution in [3.63, 3.8) is 0 Å². The van der Waals surface area contributed by atoms with Gasteiger partial charge in [-0.1, -0.05) is 0 Å². The second-order valence-electron chi connectivity index (χ2n) is 6.03. The first-order chi connectivity index (χ1) is 11.9. The normalized spacial score (nSPS) is 12.2. The van der Waals surface area contributed by atoms with Gasteiger partial charge in [0.1, 0.15) is 0 Å². The molecule has 0 aliphatic carbocycles. The fourth-order valence-corrected chi connectivity index (χ4v) is 7.43. The fourth-order valence-electron chi connectivity index (χ4n) is 3.67. The van der Waals surface area contributed by atoms with Crippen LogP contribution in [0.5, 0.6) is 0 Å². The van der Waals surface area contributed by atoms with Crippen LogP contribution >= 0.6 is 11.3 Å². The van der Waals surface area contributed by atoms with Gasteiger partial charge in [0.05, 0.1) is 0 Å². The molecule has 0 aliphatic heterocycles. The third-order valence-electron chi connectivity index (χ3n) is 4.72. The first kappa shape index (κ1) is 13.1. The molecule has 1 nitrogen and oxygen atoms in total. The number of benzene rings is 3. The Labute approximate surface area is 147 Å². The second-order valence-corrected chi connectivity index (χ2v) is 9.36. The van der Waals surface area contributed by atoms with E-state index in [2.05, 4.69) is 60.7 Å². The molecule has 0 unspecified atom stereocenters. The molecule has 0 bridgehead atoms. The molecule has 24 heavy (non-hydrogen) atoms. The van der Waals surface area contributed by atoms with Crippen molar-refractivity contribution in [2.24, 2.45) is 0 Å². The van der Waals surface area contributed by atoms with E-state index in [0.717, 1.165) is 5.52 Å². The van der Waals surface area contributed by atoms with Crippen LogP contribution in [0.4, 0.5) is 0 Å². The molecule has 0 aliphatic rings. The summed E-state index contributed by atoms with van der Waals surface area (Å²) >= 11 is 2.30. The Bertz CT molecular complexity index is 1410. The molecule has 0 amide bonds. The summed E-state index contributed by atoms with van der Waals surface area (Å²) in [4.78, 5) is 4.82. The van der Waals surface area contributed by atoms with Crippen molar-refractivity contribution in [3.8, 4) is 0 Å². The number of hydrogen-bond acceptors (Lipinski definition) is 2. The summed E-state index contributed by atoms with van der Waals surface area (Å²) in [5.41, 5.74) is 1.16. The van der Waals surface area contributed by atoms with Crippen LogP contribution in [0.1, 0.15) is 0 Å². The minimum absolute atomic E-state index is 0.396. The van der Waals surface area contributed by atoms with Crippen LogP contribution in [0, 0.1) is 0 Å². The average molecular weight is 388 g/mol. The summed E-state index contributed by atoms with van der Waals surface area (Å²) in [5.74, 6) is 0. The van der Waals surface area contributed by atoms with Crippen molar-refractivity contribution in [2.45, 2.75) is 0 Å². The van der Waals surface area contributed by atoms with Gasteiger partial charge >= 0.3 is 148 Å². The van der Waals surface area contributed by atoms with Crippen molar-refractivity contribution in [1.29, 1.82) is 0 Å². The van der Waals surface area contributed by atoms with Gasteiger partial charge in [-0.05, 0) is 0 Å². The Balaban J connectivity index is 2.08. The Kier molecular flexibility index (Phi) is 2.56. The monoisotopic (exact) mass is 389 g/mol. The number of hydrogen-bond donors (Lipinski definition) is 0. The van der Waals surface area contributed by atoms with Gasteiger partial charge in [0.25, 0.3) is 0 Å². The fraction of sp³-hybridized carbons (Fsp3) is 0. The molecule has 6 rings (SSSR count). The van der Waals surface area contributed by atoms with Gasteiger partial charge in [-0.25, -0.2) is 0 Å². The third kappa shape index (κ3) is 1.62. The number of nitrogens with zero attached hydrogens (tertiary/aromatic N) is 1. The molecule has 6 aromatic rings. The summed E-state index contributed by atoms with van der Waals surface area (Å²) in [7, 11) is 0. The van der Waals surface area contributed by atoms with Crippen molar-refractivity contribution >= 4 is 76.2 Å². The van der Waals surface area contributed by atoms with Gasteiger partial charge in [-0.2, -0.15) is 0 Å². The third-order valence-corrected chi connectivity index (χ3v) is 8.27. The van der Waals surface area contributed by atoms with Crippen LogP contribution in [0.3, 0.4) is 0 Å². The van der Waals surface area contributed by atoms with E-state index in [-0.39, 0.29) is 0 Å². The van der Waals surface area contributed by atoms with E-state index in [1.807, 2.05) is 17.5 Å². The zero-order chi connectivity index (χ0) is 15.7. The summed E-state index contributed by atoms with van der Waals surface area (Å²) in [5, 5.41) is 6.70. The molecule has 0 spiro atoms. The van der Waals surface area contributed by atoms with Crippen LogP contribution in [0.15, 0.2) is 66.9 Å². The van der Waals surface area contributed by atoms with E-state index < -0.39 is 0 Å². The van der Waals surface area contributed by atoms with Crippen molar-refractivity contribution in [3.05, 3.63) is 66.9 Å². The summed E-state index contributed by atoms with van der Waals surface area (Å²) in [6.07, 6.45) is 1.98. The Hall–Kier alpha value is -2.19. The Morgan fingerprint density at radius 1 is 0.750 bits per heavy atom. The van der Waals surface area contributed by atoms with Gasteiger partial charge in [0.2, 0.25) is 0 Å². The van der Waals surface area contributed by atoms with E-state index in [1.54, 1.807) is 0 Å². The SMILES string of the molecule is c1ccc2c(c1)ccc1c3nccc4[se]c5cccc(sc21)c5c43. The molecule has 0 radical (unpaired) electrons. The van der Waals surface area contributed by atoms with Crippen molar-refractivity contribution in [2.75, 3.05) is 0 Å². The van der Waals surface area contributed by atoms with E-state index in [4.69, 9.17) is 4.98 Å². The van der Waals surface area contributed by atoms with E-state index in [9.17, 15) is 0 Å². The number of pyridine rings is 1. The second kappa shape index (κ2) is 4.67. The summed E-state index contributed by atoms with van der Waals surface area (Å²) in [6, 6.07) is 22.1. The first-order valence-electron chi connectivity index (χ1n) is 7.90. The van der Waals surface area contributed by atoms with Crippen LogP contribution in [0.25, 0.3) is 50.4 Å². The van der Waals surface area contributed by atoms with Crippen LogP contribution in [0.2, 0.25) is 0 Å². The maximum atomic E-state index is 4.82. The molecule has 3 heteroatoms. The molecule has 112 valence electrons. The molecule has 0 atom stereocenters. The number of rotatable bonds is 0. The Morgan fingerprint density at radius 3 is 2.67 bits per heavy atom. The predicted octanol–water partition coefficient (Wildman–Crippen LogP) is 5.97. The molecule has 0 saturated carbocycles. The molecule has 0 N–H and O–H groups in total. The van der Waals surface area contributed by atoms with Gasteiger partial charge in [-0.15, -0.1) is 0 Å². The molecular formula is C21H11NSSe. The topological polar surface area (TPSA) is 12.9 Å². The molecular weight excluding hydrogens is 377 g/mol. The van der Waals surface area contributed by atoms with Crippen LogP contribution in [-0.4, -0.2) is 19.5 Å². The first-order valence-corrected chi connectivity index (χ1v) is 10.4. The number of fused-ring (bicyclic) bond motifs is 4. The number of aromatic nitrogens is 1. The van der Waals surface area contributed by atoms with Gasteiger partial charge in [0.15, 0.2) is 0 Å². The average Bonchev–Trinajstić information content (AvgIpc) is 2.94. The Morgan fingerprint density at radius 2 is 1.67 bits per heavy atom. The van der Waals surface area contributed by atoms with Gasteiger partial charge in [-0.3, -0.25) is 0 Å². The molecule has 3 aromatic heterocycles. The molecule has 0 fully saturated rings. The van der Waals surface area contributed by atoms with Crippen molar-refractivity contribution in [1.82, 2.24) is 4.98 Å². The molecule has 0 saturated heterocycles. The molecule has 3 aromatic carbocycles. The van der Waals surface area contributed by atoms with E-state index in [0.29, 0.717) is 14.5 Å². The maximum absolute atomic E-state index is 4.82. The van der Waals surface area contributed by atoms with E-state index >= 15 is 0 Å². The quantitative estimate of drug-likeness (QED) is 0.292. The summed E-state index contributed by atoms with van der Waals surface area (Å²) in [6.45, 7) is 0. The van der Waals surface area contributed by atoms with Crippen LogP contribution < -0.4 is 0 Å². The van der Waals surface area contributed by atoms with Crippen LogP contribution in [-0.2, 0) is 0 Å². The molecule has 3 heterocycles. The standard InChI is InChI=1S/C21H11NSSe/c1-2-5-13-12(4-1)8-9-14-20-19-17(10-11-22-20)24-16-7-3-6-15(18(16)19)23-21(13)14/h1-11H. The van der Waals surface area contributed by atoms with Crippen molar-refractivity contribution < 1.29 is 0 Å². The summed E-state index contributed by atoms with van der Waals surface area (Å²) < 4.78 is 5.67. The van der Waals surface area contributed by atoms with E-state index in [1.165, 1.54) is 44.9 Å². The zero-order valence-electron chi connectivity index (χ0n) is 12.6. The van der Waals surface area contributed by atoms with Gasteiger partial charge in [0, 0.05) is 0 Å². The predicted molar refractivity (Wildman–Crippen MR) is 107 cm³/mol. The van der Waals surface area contributed by atoms with Gasteiger partial charge < -0.3 is 0 Å².